The predicted octanol–water partition coefficient (Wildman–Crippen LogP) is 21.4. The highest BCUT2D eigenvalue weighted by Crippen LogP contribution is 2.59. The number of aryl methyl sites for hydroxylation is 1. The van der Waals surface area contributed by atoms with Crippen LogP contribution < -0.4 is 19.6 Å². The van der Waals surface area contributed by atoms with Gasteiger partial charge in [-0.3, -0.25) is 0 Å². The highest BCUT2D eigenvalue weighted by molar-refractivity contribution is 6.04. The summed E-state index contributed by atoms with van der Waals surface area (Å²) < 4.78 is 0. The summed E-state index contributed by atoms with van der Waals surface area (Å²) in [5, 5.41) is 2.49. The van der Waals surface area contributed by atoms with E-state index < -0.39 is 5.41 Å². The molecule has 390 valence electrons. The van der Waals surface area contributed by atoms with Crippen molar-refractivity contribution in [2.75, 3.05) is 19.6 Å². The summed E-state index contributed by atoms with van der Waals surface area (Å²) in [6.45, 7) is 2.22. The molecule has 82 heavy (non-hydrogen) atoms. The summed E-state index contributed by atoms with van der Waals surface area (Å²) >= 11 is 0. The maximum Gasteiger partial charge on any atom is 0.0713 e. The van der Waals surface area contributed by atoms with Crippen LogP contribution in [0.3, 0.4) is 0 Å². The largest absolute Gasteiger partial charge is 0.311 e. The fourth-order valence-electron chi connectivity index (χ4n) is 12.5. The van der Waals surface area contributed by atoms with Crippen molar-refractivity contribution in [3.05, 3.63) is 361 Å². The minimum absolute atomic E-state index is 0.660. The van der Waals surface area contributed by atoms with Gasteiger partial charge in [0.1, 0.15) is 0 Å². The smallest absolute Gasteiger partial charge is 0.0713 e. The number of nitrogens with zero attached hydrogens (tertiary/aromatic N) is 4. The number of benzene rings is 13. The van der Waals surface area contributed by atoms with Crippen molar-refractivity contribution in [2.24, 2.45) is 0 Å². The Labute approximate surface area is 481 Å². The van der Waals surface area contributed by atoms with Crippen LogP contribution in [0.1, 0.15) is 27.8 Å². The van der Waals surface area contributed by atoms with Gasteiger partial charge in [-0.05, 0) is 197 Å². The van der Waals surface area contributed by atoms with E-state index in [1.54, 1.807) is 0 Å². The van der Waals surface area contributed by atoms with Crippen LogP contribution in [0.5, 0.6) is 0 Å². The Morgan fingerprint density at radius 3 is 0.841 bits per heavy atom. The number of fused-ring (bicyclic) bond motifs is 5. The van der Waals surface area contributed by atoms with Crippen LogP contribution in [0.15, 0.2) is 334 Å². The van der Waals surface area contributed by atoms with E-state index in [1.165, 1.54) is 49.7 Å². The molecule has 0 N–H and O–H groups in total. The molecule has 0 saturated carbocycles. The third kappa shape index (κ3) is 8.93. The van der Waals surface area contributed by atoms with Gasteiger partial charge in [-0.1, -0.05) is 194 Å². The lowest BCUT2D eigenvalue weighted by Crippen LogP contribution is -2.29. The highest BCUT2D eigenvalue weighted by atomic mass is 15.2. The van der Waals surface area contributed by atoms with E-state index in [2.05, 4.69) is 360 Å². The molecule has 1 aliphatic carbocycles. The Bertz CT molecular complexity index is 4000. The molecule has 0 fully saturated rings. The Morgan fingerprint density at radius 2 is 0.512 bits per heavy atom. The molecule has 14 rings (SSSR count). The number of rotatable bonds is 14. The van der Waals surface area contributed by atoms with Gasteiger partial charge in [0.25, 0.3) is 0 Å². The van der Waals surface area contributed by atoms with Gasteiger partial charge in [0.2, 0.25) is 0 Å². The average Bonchev–Trinajstić information content (AvgIpc) is 2.47. The molecule has 0 heterocycles. The van der Waals surface area contributed by atoms with Gasteiger partial charge in [0.05, 0.1) is 5.41 Å². The van der Waals surface area contributed by atoms with Crippen LogP contribution in [0.2, 0.25) is 0 Å². The first kappa shape index (κ1) is 49.6. The van der Waals surface area contributed by atoms with Crippen molar-refractivity contribution in [2.45, 2.75) is 12.3 Å². The van der Waals surface area contributed by atoms with Gasteiger partial charge in [-0.15, -0.1) is 0 Å². The van der Waals surface area contributed by atoms with E-state index in [0.717, 1.165) is 68.2 Å². The van der Waals surface area contributed by atoms with Crippen molar-refractivity contribution in [3.63, 3.8) is 0 Å². The molecule has 13 aromatic carbocycles. The van der Waals surface area contributed by atoms with Gasteiger partial charge in [-0.25, -0.2) is 0 Å². The number of para-hydroxylation sites is 6. The molecule has 0 radical (unpaired) electrons. The highest BCUT2D eigenvalue weighted by Gasteiger charge is 2.47. The SMILES string of the molecule is Cc1ccc2c(c1)C(c1ccc(N(c3ccccc3)c3ccc(N(c4ccccc4)c4ccccc4)cc3)cc1)(c1ccc(N(c3ccccc3)c3ccc(N(c4ccccc4)c4ccccc4)cc3)cc1)c1ccc3ccccc3c1-2. The van der Waals surface area contributed by atoms with Crippen molar-refractivity contribution in [1.82, 2.24) is 0 Å². The molecular weight excluding hydrogens is 993 g/mol. The van der Waals surface area contributed by atoms with E-state index in [0.29, 0.717) is 0 Å². The Morgan fingerprint density at radius 1 is 0.232 bits per heavy atom. The van der Waals surface area contributed by atoms with Crippen LogP contribution in [-0.2, 0) is 5.41 Å². The summed E-state index contributed by atoms with van der Waals surface area (Å²) in [4.78, 5) is 9.35. The van der Waals surface area contributed by atoms with Crippen molar-refractivity contribution >= 4 is 79.0 Å². The third-order valence-electron chi connectivity index (χ3n) is 16.1. The second-order valence-corrected chi connectivity index (χ2v) is 21.0. The number of anilines is 12. The fraction of sp³-hybridized carbons (Fsp3) is 0.0256. The summed E-state index contributed by atoms with van der Waals surface area (Å²) in [5.41, 5.74) is 21.1. The molecular formula is C78H58N4. The first-order valence-corrected chi connectivity index (χ1v) is 28.2. The molecule has 0 amide bonds. The summed E-state index contributed by atoms with van der Waals surface area (Å²) in [6, 6.07) is 121. The quantitative estimate of drug-likeness (QED) is 0.108. The van der Waals surface area contributed by atoms with E-state index in [4.69, 9.17) is 0 Å². The van der Waals surface area contributed by atoms with Crippen molar-refractivity contribution in [3.8, 4) is 11.1 Å². The van der Waals surface area contributed by atoms with Crippen LogP contribution >= 0.6 is 0 Å². The minimum atomic E-state index is -0.660. The first-order valence-electron chi connectivity index (χ1n) is 28.2. The zero-order chi connectivity index (χ0) is 54.8. The molecule has 0 saturated heterocycles. The third-order valence-corrected chi connectivity index (χ3v) is 16.1. The monoisotopic (exact) mass is 1050 g/mol. The lowest BCUT2D eigenvalue weighted by atomic mass is 9.67. The molecule has 13 aromatic rings. The molecule has 4 heteroatoms. The second kappa shape index (κ2) is 21.5. The molecule has 0 spiro atoms. The van der Waals surface area contributed by atoms with Crippen LogP contribution in [0, 0.1) is 6.92 Å². The van der Waals surface area contributed by atoms with Gasteiger partial charge in [-0.2, -0.15) is 0 Å². The predicted molar refractivity (Wildman–Crippen MR) is 345 cm³/mol. The van der Waals surface area contributed by atoms with Crippen molar-refractivity contribution in [1.29, 1.82) is 0 Å². The number of hydrogen-bond donors (Lipinski definition) is 0. The Balaban J connectivity index is 0.893. The molecule has 0 aromatic heterocycles. The van der Waals surface area contributed by atoms with E-state index in [9.17, 15) is 0 Å². The molecule has 0 bridgehead atoms. The zero-order valence-corrected chi connectivity index (χ0v) is 45.5. The maximum absolute atomic E-state index is 2.43. The molecule has 0 unspecified atom stereocenters. The fourth-order valence-corrected chi connectivity index (χ4v) is 12.5. The summed E-state index contributed by atoms with van der Waals surface area (Å²) in [7, 11) is 0. The second-order valence-electron chi connectivity index (χ2n) is 21.0. The Kier molecular flexibility index (Phi) is 13.0. The lowest BCUT2D eigenvalue weighted by molar-refractivity contribution is 0.768. The molecule has 4 nitrogen and oxygen atoms in total. The van der Waals surface area contributed by atoms with E-state index in [1.807, 2.05) is 0 Å². The summed E-state index contributed by atoms with van der Waals surface area (Å²) in [6.07, 6.45) is 0. The maximum atomic E-state index is 2.43. The zero-order valence-electron chi connectivity index (χ0n) is 45.5. The van der Waals surface area contributed by atoms with Crippen LogP contribution in [0.4, 0.5) is 68.2 Å². The van der Waals surface area contributed by atoms with Crippen LogP contribution in [0.25, 0.3) is 21.9 Å². The standard InChI is InChI=1S/C78H58N4/c1-57-36-54-74-76(56-57)78(75-55-37-58-22-20-21-35-73(58)77(74)75,59-38-42-67(43-39-59)81(65-31-16-6-17-32-65)71-50-46-69(47-51-71)79(61-23-8-2-9-24-61)62-25-10-3-11-26-62)60-40-44-68(45-41-60)82(66-33-18-7-19-34-66)72-52-48-70(49-53-72)80(63-27-12-4-13-28-63)64-29-14-5-15-30-64/h2-56H,1H3. The summed E-state index contributed by atoms with van der Waals surface area (Å²) in [5.74, 6) is 0. The van der Waals surface area contributed by atoms with Gasteiger partial charge in [0, 0.05) is 68.2 Å². The molecule has 0 aliphatic heterocycles. The first-order chi connectivity index (χ1) is 40.6. The normalized spacial score (nSPS) is 12.1. The van der Waals surface area contributed by atoms with Gasteiger partial charge < -0.3 is 19.6 Å². The van der Waals surface area contributed by atoms with Crippen molar-refractivity contribution < 1.29 is 0 Å². The number of hydrogen-bond acceptors (Lipinski definition) is 4. The topological polar surface area (TPSA) is 13.0 Å². The molecule has 0 atom stereocenters. The Hall–Kier alpha value is -10.7. The van der Waals surface area contributed by atoms with E-state index in [-0.39, 0.29) is 0 Å². The van der Waals surface area contributed by atoms with E-state index >= 15 is 0 Å². The average molecular weight is 1050 g/mol. The molecule has 1 aliphatic rings. The minimum Gasteiger partial charge on any atom is -0.311 e. The lowest BCUT2D eigenvalue weighted by Gasteiger charge is -2.35. The van der Waals surface area contributed by atoms with Gasteiger partial charge >= 0.3 is 0 Å². The van der Waals surface area contributed by atoms with Gasteiger partial charge in [0.15, 0.2) is 0 Å². The van der Waals surface area contributed by atoms with Crippen LogP contribution in [-0.4, -0.2) is 0 Å².